The second-order valence-corrected chi connectivity index (χ2v) is 3.68. The lowest BCUT2D eigenvalue weighted by molar-refractivity contribution is -0.174. The summed E-state index contributed by atoms with van der Waals surface area (Å²) < 4.78 is 4.46. The highest BCUT2D eigenvalue weighted by molar-refractivity contribution is 5.88. The average molecular weight is 282 g/mol. The van der Waals surface area contributed by atoms with Crippen molar-refractivity contribution in [3.05, 3.63) is 0 Å². The van der Waals surface area contributed by atoms with Crippen LogP contribution in [0.3, 0.4) is 0 Å². The van der Waals surface area contributed by atoms with E-state index in [4.69, 9.17) is 25.5 Å². The Morgan fingerprint density at radius 3 is 1.53 bits per heavy atom. The summed E-state index contributed by atoms with van der Waals surface area (Å²) in [5, 5.41) is 41.5. The number of aliphatic hydroxyl groups excluding tert-OH is 2. The Kier molecular flexibility index (Phi) is 9.56. The third-order valence-electron chi connectivity index (χ3n) is 1.92. The minimum Gasteiger partial charge on any atom is -0.481 e. The molecule has 19 heavy (non-hydrogen) atoms. The zero-order valence-corrected chi connectivity index (χ0v) is 10.6. The van der Waals surface area contributed by atoms with Gasteiger partial charge in [-0.05, 0) is 6.92 Å². The van der Waals surface area contributed by atoms with Crippen LogP contribution in [0.5, 0.6) is 0 Å². The molecule has 1 atom stereocenters. The third kappa shape index (κ3) is 8.94. The molecule has 0 aromatic carbocycles. The molecule has 9 nitrogen and oxygen atoms in total. The number of carboxylic acids is 3. The van der Waals surface area contributed by atoms with Crippen LogP contribution >= 0.6 is 0 Å². The monoisotopic (exact) mass is 282 g/mol. The van der Waals surface area contributed by atoms with Crippen LogP contribution in [0.4, 0.5) is 0 Å². The van der Waals surface area contributed by atoms with Crippen molar-refractivity contribution in [1.82, 2.24) is 0 Å². The van der Waals surface area contributed by atoms with Crippen LogP contribution in [0.25, 0.3) is 0 Å². The van der Waals surface area contributed by atoms with Gasteiger partial charge in [0, 0.05) is 7.11 Å². The predicted molar refractivity (Wildman–Crippen MR) is 60.6 cm³/mol. The molecule has 0 saturated heterocycles. The number of carbonyl (C=O) groups is 3. The summed E-state index contributed by atoms with van der Waals surface area (Å²) in [5.74, 6) is -4.48. The molecule has 0 aromatic rings. The van der Waals surface area contributed by atoms with Crippen molar-refractivity contribution >= 4 is 17.9 Å². The Hall–Kier alpha value is -1.71. The molecule has 0 heterocycles. The minimum atomic E-state index is -2.20. The standard InChI is InChI=1S/C7H10O7.C3H8O2/c1-14-7(6(12)13,2-4(8)9)3-5(10)11;1-3(5)2-4/h2-3H2,1H3,(H,8,9)(H,10,11)(H,12,13);3-5H,2H2,1H3. The molecular weight excluding hydrogens is 264 g/mol. The highest BCUT2D eigenvalue weighted by Gasteiger charge is 2.43. The molecule has 0 radical (unpaired) electrons. The molecule has 0 amide bonds. The van der Waals surface area contributed by atoms with E-state index in [9.17, 15) is 14.4 Å². The normalized spacial score (nSPS) is 12.0. The van der Waals surface area contributed by atoms with Crippen molar-refractivity contribution in [3.63, 3.8) is 0 Å². The van der Waals surface area contributed by atoms with Crippen molar-refractivity contribution < 1.29 is 44.7 Å². The number of aliphatic hydroxyl groups is 2. The smallest absolute Gasteiger partial charge is 0.337 e. The third-order valence-corrected chi connectivity index (χ3v) is 1.92. The van der Waals surface area contributed by atoms with Gasteiger partial charge < -0.3 is 30.3 Å². The van der Waals surface area contributed by atoms with Gasteiger partial charge in [0.2, 0.25) is 0 Å². The molecular formula is C10H18O9. The lowest BCUT2D eigenvalue weighted by atomic mass is 9.95. The van der Waals surface area contributed by atoms with Gasteiger partial charge in [-0.2, -0.15) is 0 Å². The van der Waals surface area contributed by atoms with Crippen LogP contribution in [0.1, 0.15) is 19.8 Å². The minimum absolute atomic E-state index is 0.139. The summed E-state index contributed by atoms with van der Waals surface area (Å²) in [4.78, 5) is 31.3. The van der Waals surface area contributed by atoms with Crippen LogP contribution in [0.15, 0.2) is 0 Å². The molecule has 112 valence electrons. The van der Waals surface area contributed by atoms with Gasteiger partial charge in [-0.25, -0.2) is 4.79 Å². The van der Waals surface area contributed by atoms with Gasteiger partial charge in [0.25, 0.3) is 0 Å². The first-order valence-electron chi connectivity index (χ1n) is 5.12. The SMILES string of the molecule is CC(O)CO.COC(CC(=O)O)(CC(=O)O)C(=O)O. The first kappa shape index (κ1) is 19.6. The largest absolute Gasteiger partial charge is 0.481 e. The maximum atomic E-state index is 10.7. The fourth-order valence-corrected chi connectivity index (χ4v) is 0.934. The van der Waals surface area contributed by atoms with E-state index < -0.39 is 42.5 Å². The fourth-order valence-electron chi connectivity index (χ4n) is 0.934. The van der Waals surface area contributed by atoms with Crippen LogP contribution in [-0.4, -0.2) is 68.9 Å². The number of carboxylic acid groups (broad SMARTS) is 3. The van der Waals surface area contributed by atoms with E-state index in [0.717, 1.165) is 7.11 Å². The molecule has 0 aromatic heterocycles. The van der Waals surface area contributed by atoms with E-state index >= 15 is 0 Å². The molecule has 0 spiro atoms. The van der Waals surface area contributed by atoms with E-state index in [-0.39, 0.29) is 6.61 Å². The average Bonchev–Trinajstić information content (AvgIpc) is 2.27. The molecule has 0 bridgehead atoms. The van der Waals surface area contributed by atoms with Crippen LogP contribution < -0.4 is 0 Å². The molecule has 9 heteroatoms. The Morgan fingerprint density at radius 1 is 1.11 bits per heavy atom. The molecule has 0 aliphatic carbocycles. The molecule has 0 aliphatic rings. The molecule has 0 fully saturated rings. The van der Waals surface area contributed by atoms with Gasteiger partial charge >= 0.3 is 17.9 Å². The zero-order chi connectivity index (χ0) is 15.6. The maximum absolute atomic E-state index is 10.7. The fraction of sp³-hybridized carbons (Fsp3) is 0.700. The topological polar surface area (TPSA) is 162 Å². The highest BCUT2D eigenvalue weighted by atomic mass is 16.5. The quantitative estimate of drug-likeness (QED) is 0.384. The van der Waals surface area contributed by atoms with E-state index in [1.165, 1.54) is 6.92 Å². The number of rotatable bonds is 7. The molecule has 5 N–H and O–H groups in total. The molecule has 0 aliphatic heterocycles. The number of hydrogen-bond acceptors (Lipinski definition) is 6. The van der Waals surface area contributed by atoms with Crippen molar-refractivity contribution in [3.8, 4) is 0 Å². The molecule has 0 saturated carbocycles. The van der Waals surface area contributed by atoms with Crippen molar-refractivity contribution in [2.24, 2.45) is 0 Å². The highest BCUT2D eigenvalue weighted by Crippen LogP contribution is 2.20. The lowest BCUT2D eigenvalue weighted by Gasteiger charge is -2.23. The van der Waals surface area contributed by atoms with Gasteiger partial charge in [-0.3, -0.25) is 9.59 Å². The lowest BCUT2D eigenvalue weighted by Crippen LogP contribution is -2.44. The maximum Gasteiger partial charge on any atom is 0.337 e. The predicted octanol–water partition coefficient (Wildman–Crippen LogP) is -1.23. The Bertz CT molecular complexity index is 294. The summed E-state index contributed by atoms with van der Waals surface area (Å²) >= 11 is 0. The van der Waals surface area contributed by atoms with Crippen molar-refractivity contribution in [2.45, 2.75) is 31.5 Å². The second-order valence-electron chi connectivity index (χ2n) is 3.68. The van der Waals surface area contributed by atoms with Crippen LogP contribution in [0.2, 0.25) is 0 Å². The number of aliphatic carboxylic acids is 3. The number of methoxy groups -OCH3 is 1. The second kappa shape index (κ2) is 9.25. The number of ether oxygens (including phenoxy) is 1. The van der Waals surface area contributed by atoms with E-state index in [0.29, 0.717) is 0 Å². The van der Waals surface area contributed by atoms with Crippen molar-refractivity contribution in [1.29, 1.82) is 0 Å². The Balaban J connectivity index is 0. The van der Waals surface area contributed by atoms with E-state index in [1.54, 1.807) is 0 Å². The van der Waals surface area contributed by atoms with Gasteiger partial charge in [-0.15, -0.1) is 0 Å². The Labute approximate surface area is 109 Å². The van der Waals surface area contributed by atoms with Gasteiger partial charge in [0.15, 0.2) is 5.60 Å². The molecule has 0 rings (SSSR count). The van der Waals surface area contributed by atoms with Gasteiger partial charge in [-0.1, -0.05) is 0 Å². The van der Waals surface area contributed by atoms with Gasteiger partial charge in [0.1, 0.15) is 0 Å². The van der Waals surface area contributed by atoms with E-state index in [2.05, 4.69) is 4.74 Å². The van der Waals surface area contributed by atoms with Gasteiger partial charge in [0.05, 0.1) is 25.6 Å². The first-order chi connectivity index (χ1) is 8.61. The van der Waals surface area contributed by atoms with Crippen molar-refractivity contribution in [2.75, 3.05) is 13.7 Å². The summed E-state index contributed by atoms with van der Waals surface area (Å²) in [6.07, 6.45) is -2.36. The zero-order valence-electron chi connectivity index (χ0n) is 10.6. The first-order valence-corrected chi connectivity index (χ1v) is 5.12. The van der Waals surface area contributed by atoms with Crippen LogP contribution in [-0.2, 0) is 19.1 Å². The summed E-state index contributed by atoms with van der Waals surface area (Å²) in [6.45, 7) is 1.39. The summed E-state index contributed by atoms with van der Waals surface area (Å²) in [6, 6.07) is 0. The van der Waals surface area contributed by atoms with Crippen LogP contribution in [0, 0.1) is 0 Å². The van der Waals surface area contributed by atoms with E-state index in [1.807, 2.05) is 0 Å². The number of hydrogen-bond donors (Lipinski definition) is 5. The Morgan fingerprint density at radius 2 is 1.42 bits per heavy atom. The summed E-state index contributed by atoms with van der Waals surface area (Å²) in [7, 11) is 0.958. The summed E-state index contributed by atoms with van der Waals surface area (Å²) in [5.41, 5.74) is -2.20. The molecule has 1 unspecified atom stereocenters.